The number of nitrogens with one attached hydrogen (secondary N) is 1. The predicted octanol–water partition coefficient (Wildman–Crippen LogP) is 1.78. The van der Waals surface area contributed by atoms with Crippen LogP contribution in [0.1, 0.15) is 33.4 Å². The smallest absolute Gasteiger partial charge is 0.242 e. The second-order valence-corrected chi connectivity index (χ2v) is 7.95. The molecule has 0 radical (unpaired) electrons. The van der Waals surface area contributed by atoms with Crippen molar-refractivity contribution >= 4 is 17.5 Å². The lowest BCUT2D eigenvalue weighted by atomic mass is 9.96. The zero-order chi connectivity index (χ0) is 19.6. The van der Waals surface area contributed by atoms with Gasteiger partial charge in [0.25, 0.3) is 0 Å². The summed E-state index contributed by atoms with van der Waals surface area (Å²) in [6, 6.07) is 6.17. The number of hydrogen-bond acceptors (Lipinski definition) is 3. The molecule has 2 aromatic rings. The zero-order valence-corrected chi connectivity index (χ0v) is 16.9. The molecule has 27 heavy (non-hydrogen) atoms. The summed E-state index contributed by atoms with van der Waals surface area (Å²) in [5.41, 5.74) is 1.75. The van der Waals surface area contributed by atoms with Crippen LogP contribution in [0.2, 0.25) is 0 Å². The lowest BCUT2D eigenvalue weighted by Gasteiger charge is -2.49. The highest BCUT2D eigenvalue weighted by molar-refractivity contribution is 5.88. The van der Waals surface area contributed by atoms with Gasteiger partial charge >= 0.3 is 0 Å². The van der Waals surface area contributed by atoms with E-state index in [9.17, 15) is 4.79 Å². The first-order valence-corrected chi connectivity index (χ1v) is 9.52. The fraction of sp³-hybridized carbons (Fsp3) is 0.550. The van der Waals surface area contributed by atoms with E-state index in [4.69, 9.17) is 0 Å². The molecule has 3 rings (SSSR count). The summed E-state index contributed by atoms with van der Waals surface area (Å²) in [5.74, 6) is 0.910. The number of aromatic nitrogens is 2. The van der Waals surface area contributed by atoms with Crippen molar-refractivity contribution in [2.45, 2.75) is 45.7 Å². The predicted molar refractivity (Wildman–Crippen MR) is 108 cm³/mol. The molecule has 7 heteroatoms. The van der Waals surface area contributed by atoms with Crippen LogP contribution in [-0.2, 0) is 11.2 Å². The molecule has 0 spiro atoms. The topological polar surface area (TPSA) is 65.2 Å². The van der Waals surface area contributed by atoms with Crippen LogP contribution in [0, 0.1) is 0 Å². The number of carbonyl (C=O) groups excluding carboxylic acids is 1. The highest BCUT2D eigenvalue weighted by atomic mass is 16.2. The molecule has 1 fully saturated rings. The molecule has 1 saturated heterocycles. The molecule has 1 aliphatic rings. The Balaban J connectivity index is 1.61. The molecule has 1 amide bonds. The number of aliphatic imine (C=N–C) groups is 1. The SMILES string of the molecule is CN=C(NCCc1cn2ccccc2n1)N1CC(=O)N(C(C)C)C(C)(C)C1. The van der Waals surface area contributed by atoms with Gasteiger partial charge in [0.1, 0.15) is 5.65 Å². The number of imidazole rings is 1. The molecule has 0 atom stereocenters. The van der Waals surface area contributed by atoms with Crippen molar-refractivity contribution in [2.75, 3.05) is 26.7 Å². The van der Waals surface area contributed by atoms with Crippen LogP contribution in [0.4, 0.5) is 0 Å². The summed E-state index contributed by atoms with van der Waals surface area (Å²) >= 11 is 0. The van der Waals surface area contributed by atoms with Crippen molar-refractivity contribution < 1.29 is 4.79 Å². The van der Waals surface area contributed by atoms with E-state index in [1.165, 1.54) is 0 Å². The Morgan fingerprint density at radius 1 is 1.37 bits per heavy atom. The molecular weight excluding hydrogens is 340 g/mol. The third-order valence-corrected chi connectivity index (χ3v) is 4.93. The minimum atomic E-state index is -0.233. The van der Waals surface area contributed by atoms with E-state index in [2.05, 4.69) is 43.0 Å². The van der Waals surface area contributed by atoms with Gasteiger partial charge in [0.15, 0.2) is 5.96 Å². The maximum absolute atomic E-state index is 12.7. The number of guanidine groups is 1. The monoisotopic (exact) mass is 370 g/mol. The fourth-order valence-electron chi connectivity index (χ4n) is 4.06. The molecule has 7 nitrogen and oxygen atoms in total. The Kier molecular flexibility index (Phi) is 5.39. The number of carbonyl (C=O) groups is 1. The Morgan fingerprint density at radius 3 is 2.78 bits per heavy atom. The minimum Gasteiger partial charge on any atom is -0.356 e. The van der Waals surface area contributed by atoms with Crippen LogP contribution >= 0.6 is 0 Å². The largest absolute Gasteiger partial charge is 0.356 e. The Bertz CT molecular complexity index is 805. The van der Waals surface area contributed by atoms with Gasteiger partial charge in [-0.05, 0) is 39.8 Å². The average Bonchev–Trinajstić information content (AvgIpc) is 2.99. The van der Waals surface area contributed by atoms with Gasteiger partial charge in [0.05, 0.1) is 17.8 Å². The third-order valence-electron chi connectivity index (χ3n) is 4.93. The van der Waals surface area contributed by atoms with Gasteiger partial charge in [-0.3, -0.25) is 9.79 Å². The van der Waals surface area contributed by atoms with E-state index in [1.807, 2.05) is 44.8 Å². The average molecular weight is 371 g/mol. The Labute approximate surface area is 161 Å². The number of piperazine rings is 1. The summed E-state index contributed by atoms with van der Waals surface area (Å²) < 4.78 is 2.02. The van der Waals surface area contributed by atoms with E-state index in [0.29, 0.717) is 6.54 Å². The van der Waals surface area contributed by atoms with Gasteiger partial charge < -0.3 is 19.5 Å². The number of hydrogen-bond donors (Lipinski definition) is 1. The first kappa shape index (κ1) is 19.2. The van der Waals surface area contributed by atoms with Gasteiger partial charge in [-0.2, -0.15) is 0 Å². The van der Waals surface area contributed by atoms with Gasteiger partial charge in [-0.15, -0.1) is 0 Å². The zero-order valence-electron chi connectivity index (χ0n) is 16.9. The molecule has 2 aromatic heterocycles. The highest BCUT2D eigenvalue weighted by Gasteiger charge is 2.40. The van der Waals surface area contributed by atoms with Crippen LogP contribution in [-0.4, -0.2) is 69.3 Å². The summed E-state index contributed by atoms with van der Waals surface area (Å²) in [7, 11) is 1.76. The van der Waals surface area contributed by atoms with E-state index in [0.717, 1.165) is 36.8 Å². The van der Waals surface area contributed by atoms with Crippen molar-refractivity contribution in [2.24, 2.45) is 4.99 Å². The molecule has 1 aliphatic heterocycles. The number of rotatable bonds is 4. The fourth-order valence-corrected chi connectivity index (χ4v) is 4.06. The van der Waals surface area contributed by atoms with Crippen LogP contribution in [0.5, 0.6) is 0 Å². The minimum absolute atomic E-state index is 0.143. The van der Waals surface area contributed by atoms with Gasteiger partial charge in [-0.25, -0.2) is 4.98 Å². The number of fused-ring (bicyclic) bond motifs is 1. The highest BCUT2D eigenvalue weighted by Crippen LogP contribution is 2.24. The van der Waals surface area contributed by atoms with Crippen molar-refractivity contribution in [1.29, 1.82) is 0 Å². The molecule has 0 aliphatic carbocycles. The second kappa shape index (κ2) is 7.58. The molecule has 146 valence electrons. The number of nitrogens with zero attached hydrogens (tertiary/aromatic N) is 5. The third kappa shape index (κ3) is 4.07. The normalized spacial score (nSPS) is 17.9. The summed E-state index contributed by atoms with van der Waals surface area (Å²) in [6.07, 6.45) is 4.85. The quantitative estimate of drug-likeness (QED) is 0.658. The van der Waals surface area contributed by atoms with E-state index < -0.39 is 0 Å². The standard InChI is InChI=1S/C20H30N6O/c1-15(2)26-18(27)13-25(14-20(26,3)4)19(21-5)22-10-9-16-12-24-11-7-6-8-17(24)23-16/h6-8,11-12,15H,9-10,13-14H2,1-5H3,(H,21,22). The molecule has 0 saturated carbocycles. The van der Waals surface area contributed by atoms with E-state index in [1.54, 1.807) is 7.05 Å². The van der Waals surface area contributed by atoms with Crippen molar-refractivity contribution in [1.82, 2.24) is 24.5 Å². The van der Waals surface area contributed by atoms with E-state index >= 15 is 0 Å². The molecule has 0 unspecified atom stereocenters. The summed E-state index contributed by atoms with van der Waals surface area (Å²) in [5, 5.41) is 3.39. The second-order valence-electron chi connectivity index (χ2n) is 7.95. The molecule has 1 N–H and O–H groups in total. The summed E-state index contributed by atoms with van der Waals surface area (Å²) in [4.78, 5) is 25.7. The van der Waals surface area contributed by atoms with Crippen LogP contribution < -0.4 is 5.32 Å². The first-order chi connectivity index (χ1) is 12.8. The molecule has 3 heterocycles. The summed E-state index contributed by atoms with van der Waals surface area (Å²) in [6.45, 7) is 10.2. The van der Waals surface area contributed by atoms with Crippen LogP contribution in [0.3, 0.4) is 0 Å². The number of amides is 1. The van der Waals surface area contributed by atoms with Crippen LogP contribution in [0.15, 0.2) is 35.6 Å². The molecule has 0 bridgehead atoms. The van der Waals surface area contributed by atoms with Crippen LogP contribution in [0.25, 0.3) is 5.65 Å². The van der Waals surface area contributed by atoms with E-state index in [-0.39, 0.29) is 17.5 Å². The first-order valence-electron chi connectivity index (χ1n) is 9.52. The molecular formula is C20H30N6O. The van der Waals surface area contributed by atoms with Crippen molar-refractivity contribution in [3.8, 4) is 0 Å². The van der Waals surface area contributed by atoms with Crippen molar-refractivity contribution in [3.05, 3.63) is 36.3 Å². The Hall–Kier alpha value is -2.57. The van der Waals surface area contributed by atoms with Gasteiger partial charge in [0, 0.05) is 45.0 Å². The maximum atomic E-state index is 12.7. The maximum Gasteiger partial charge on any atom is 0.242 e. The lowest BCUT2D eigenvalue weighted by Crippen LogP contribution is -2.66. The Morgan fingerprint density at radius 2 is 2.15 bits per heavy atom. The molecule has 0 aromatic carbocycles. The van der Waals surface area contributed by atoms with Gasteiger partial charge in [-0.1, -0.05) is 6.07 Å². The van der Waals surface area contributed by atoms with Gasteiger partial charge in [0.2, 0.25) is 5.91 Å². The van der Waals surface area contributed by atoms with Crippen molar-refractivity contribution in [3.63, 3.8) is 0 Å². The lowest BCUT2D eigenvalue weighted by molar-refractivity contribution is -0.145. The number of pyridine rings is 1.